The molecular formula is C19H17N3O2S. The summed E-state index contributed by atoms with van der Waals surface area (Å²) in [6.45, 7) is 4.07. The lowest BCUT2D eigenvalue weighted by atomic mass is 10.1. The van der Waals surface area contributed by atoms with Gasteiger partial charge in [-0.1, -0.05) is 0 Å². The van der Waals surface area contributed by atoms with Crippen molar-refractivity contribution in [1.29, 1.82) is 0 Å². The van der Waals surface area contributed by atoms with Crippen molar-refractivity contribution >= 4 is 32.6 Å². The van der Waals surface area contributed by atoms with Crippen molar-refractivity contribution in [2.45, 2.75) is 13.8 Å². The summed E-state index contributed by atoms with van der Waals surface area (Å²) in [6, 6.07) is 8.21. The van der Waals surface area contributed by atoms with Crippen LogP contribution in [0.15, 0.2) is 30.5 Å². The van der Waals surface area contributed by atoms with Crippen LogP contribution in [-0.2, 0) is 0 Å². The maximum absolute atomic E-state index is 5.43. The van der Waals surface area contributed by atoms with Crippen molar-refractivity contribution < 1.29 is 9.47 Å². The van der Waals surface area contributed by atoms with E-state index in [0.29, 0.717) is 5.88 Å². The number of fused-ring (bicyclic) bond motifs is 2. The largest absolute Gasteiger partial charge is 0.496 e. The van der Waals surface area contributed by atoms with E-state index >= 15 is 0 Å². The summed E-state index contributed by atoms with van der Waals surface area (Å²) in [6.07, 6.45) is 1.64. The van der Waals surface area contributed by atoms with E-state index in [4.69, 9.17) is 14.5 Å². The van der Waals surface area contributed by atoms with E-state index in [1.165, 1.54) is 0 Å². The predicted octanol–water partition coefficient (Wildman–Crippen LogP) is 4.54. The number of nitrogens with zero attached hydrogens (tertiary/aromatic N) is 3. The number of benzene rings is 2. The van der Waals surface area contributed by atoms with Crippen LogP contribution in [0.3, 0.4) is 0 Å². The molecular weight excluding hydrogens is 334 g/mol. The molecule has 0 N–H and O–H groups in total. The highest BCUT2D eigenvalue weighted by Crippen LogP contribution is 2.36. The van der Waals surface area contributed by atoms with Crippen LogP contribution in [0.25, 0.3) is 31.8 Å². The van der Waals surface area contributed by atoms with Gasteiger partial charge in [-0.25, -0.2) is 15.0 Å². The molecule has 0 fully saturated rings. The van der Waals surface area contributed by atoms with Crippen LogP contribution in [0.2, 0.25) is 0 Å². The Morgan fingerprint density at radius 2 is 1.76 bits per heavy atom. The maximum atomic E-state index is 5.43. The van der Waals surface area contributed by atoms with E-state index in [1.807, 2.05) is 26.0 Å². The Balaban J connectivity index is 1.96. The Kier molecular flexibility index (Phi) is 3.77. The minimum absolute atomic E-state index is 0.508. The topological polar surface area (TPSA) is 57.1 Å². The highest BCUT2D eigenvalue weighted by Gasteiger charge is 2.14. The molecule has 0 saturated heterocycles. The summed E-state index contributed by atoms with van der Waals surface area (Å²) in [4.78, 5) is 13.9. The quantitative estimate of drug-likeness (QED) is 0.542. The Bertz CT molecular complexity index is 1100. The first-order valence-electron chi connectivity index (χ1n) is 7.86. The molecule has 0 saturated carbocycles. The zero-order valence-corrected chi connectivity index (χ0v) is 15.3. The molecule has 5 nitrogen and oxygen atoms in total. The summed E-state index contributed by atoms with van der Waals surface area (Å²) in [5.74, 6) is 1.38. The molecule has 0 unspecified atom stereocenters. The second kappa shape index (κ2) is 5.97. The molecule has 2 heterocycles. The number of hydrogen-bond donors (Lipinski definition) is 0. The molecule has 4 aromatic rings. The first-order chi connectivity index (χ1) is 12.1. The molecule has 0 aliphatic rings. The van der Waals surface area contributed by atoms with Crippen molar-refractivity contribution in [1.82, 2.24) is 15.0 Å². The SMILES string of the molecule is COc1cnc2c(-c3nc4cc(C)c(OC)cc4s3)cc(C)cc2n1. The summed E-state index contributed by atoms with van der Waals surface area (Å²) < 4.78 is 11.7. The van der Waals surface area contributed by atoms with Gasteiger partial charge in [0.2, 0.25) is 5.88 Å². The van der Waals surface area contributed by atoms with E-state index < -0.39 is 0 Å². The first-order valence-corrected chi connectivity index (χ1v) is 8.67. The second-order valence-corrected chi connectivity index (χ2v) is 6.93. The minimum atomic E-state index is 0.508. The summed E-state index contributed by atoms with van der Waals surface area (Å²) >= 11 is 1.63. The van der Waals surface area contributed by atoms with Gasteiger partial charge in [0.15, 0.2) is 0 Å². The Labute approximate surface area is 149 Å². The normalized spacial score (nSPS) is 11.2. The van der Waals surface area contributed by atoms with Gasteiger partial charge in [-0.05, 0) is 49.2 Å². The van der Waals surface area contributed by atoms with Crippen LogP contribution < -0.4 is 9.47 Å². The number of rotatable bonds is 3. The lowest BCUT2D eigenvalue weighted by Crippen LogP contribution is -1.93. The van der Waals surface area contributed by atoms with Crippen LogP contribution in [0.5, 0.6) is 11.6 Å². The summed E-state index contributed by atoms with van der Waals surface area (Å²) in [5.41, 5.74) is 5.78. The van der Waals surface area contributed by atoms with Crippen molar-refractivity contribution in [3.63, 3.8) is 0 Å². The fraction of sp³-hybridized carbons (Fsp3) is 0.211. The lowest BCUT2D eigenvalue weighted by molar-refractivity contribution is 0.397. The molecule has 0 bridgehead atoms. The molecule has 126 valence electrons. The smallest absolute Gasteiger partial charge is 0.232 e. The number of ether oxygens (including phenoxy) is 2. The van der Waals surface area contributed by atoms with Gasteiger partial charge in [0, 0.05) is 5.56 Å². The van der Waals surface area contributed by atoms with Gasteiger partial charge in [0.1, 0.15) is 10.8 Å². The van der Waals surface area contributed by atoms with Crippen LogP contribution in [-0.4, -0.2) is 29.2 Å². The monoisotopic (exact) mass is 351 g/mol. The average molecular weight is 351 g/mol. The standard InChI is InChI=1S/C19H17N3O2S/c1-10-5-12(18-14(6-10)21-17(24-4)9-20-18)19-22-13-7-11(2)15(23-3)8-16(13)25-19/h5-9H,1-4H3. The fourth-order valence-electron chi connectivity index (χ4n) is 2.90. The van der Waals surface area contributed by atoms with E-state index in [9.17, 15) is 0 Å². The van der Waals surface area contributed by atoms with Gasteiger partial charge in [-0.3, -0.25) is 0 Å². The summed E-state index contributed by atoms with van der Waals surface area (Å²) in [5, 5.41) is 0.927. The minimum Gasteiger partial charge on any atom is -0.496 e. The number of aromatic nitrogens is 3. The lowest BCUT2D eigenvalue weighted by Gasteiger charge is -2.06. The highest BCUT2D eigenvalue weighted by molar-refractivity contribution is 7.21. The number of thiazole rings is 1. The van der Waals surface area contributed by atoms with E-state index in [0.717, 1.165) is 48.7 Å². The number of methoxy groups -OCH3 is 2. The van der Waals surface area contributed by atoms with Gasteiger partial charge in [0.25, 0.3) is 0 Å². The molecule has 4 rings (SSSR count). The summed E-state index contributed by atoms with van der Waals surface area (Å²) in [7, 11) is 3.28. The van der Waals surface area contributed by atoms with Crippen LogP contribution in [0, 0.1) is 13.8 Å². The van der Waals surface area contributed by atoms with Crippen LogP contribution >= 0.6 is 11.3 Å². The molecule has 25 heavy (non-hydrogen) atoms. The van der Waals surface area contributed by atoms with Gasteiger partial charge in [0.05, 0.1) is 41.7 Å². The molecule has 6 heteroatoms. The van der Waals surface area contributed by atoms with E-state index in [1.54, 1.807) is 31.8 Å². The number of aryl methyl sites for hydroxylation is 2. The second-order valence-electron chi connectivity index (χ2n) is 5.90. The van der Waals surface area contributed by atoms with Gasteiger partial charge in [-0.15, -0.1) is 11.3 Å². The Morgan fingerprint density at radius 1 is 0.920 bits per heavy atom. The van der Waals surface area contributed by atoms with E-state index in [2.05, 4.69) is 22.1 Å². The van der Waals surface area contributed by atoms with Crippen molar-refractivity contribution in [2.24, 2.45) is 0 Å². The molecule has 0 radical (unpaired) electrons. The predicted molar refractivity (Wildman–Crippen MR) is 101 cm³/mol. The Morgan fingerprint density at radius 3 is 2.52 bits per heavy atom. The number of hydrogen-bond acceptors (Lipinski definition) is 6. The Hall–Kier alpha value is -2.73. The van der Waals surface area contributed by atoms with Crippen LogP contribution in [0.4, 0.5) is 0 Å². The van der Waals surface area contributed by atoms with Gasteiger partial charge >= 0.3 is 0 Å². The molecule has 2 aromatic carbocycles. The zero-order valence-electron chi connectivity index (χ0n) is 14.5. The molecule has 0 aliphatic carbocycles. The third-order valence-electron chi connectivity index (χ3n) is 4.11. The highest BCUT2D eigenvalue weighted by atomic mass is 32.1. The fourth-order valence-corrected chi connectivity index (χ4v) is 3.90. The van der Waals surface area contributed by atoms with Gasteiger partial charge in [-0.2, -0.15) is 0 Å². The van der Waals surface area contributed by atoms with Crippen molar-refractivity contribution in [3.05, 3.63) is 41.6 Å². The van der Waals surface area contributed by atoms with Crippen molar-refractivity contribution in [3.8, 4) is 22.2 Å². The van der Waals surface area contributed by atoms with E-state index in [-0.39, 0.29) is 0 Å². The van der Waals surface area contributed by atoms with Crippen LogP contribution in [0.1, 0.15) is 11.1 Å². The maximum Gasteiger partial charge on any atom is 0.232 e. The first kappa shape index (κ1) is 15.8. The third kappa shape index (κ3) is 2.68. The molecule has 0 atom stereocenters. The third-order valence-corrected chi connectivity index (χ3v) is 5.16. The molecule has 2 aromatic heterocycles. The van der Waals surface area contributed by atoms with Crippen molar-refractivity contribution in [2.75, 3.05) is 14.2 Å². The van der Waals surface area contributed by atoms with Gasteiger partial charge < -0.3 is 9.47 Å². The molecule has 0 amide bonds. The average Bonchev–Trinajstić information content (AvgIpc) is 3.02. The zero-order chi connectivity index (χ0) is 17.6. The molecule has 0 spiro atoms. The molecule has 0 aliphatic heterocycles.